The molecule has 0 aliphatic rings. The first-order valence-corrected chi connectivity index (χ1v) is 12.6. The van der Waals surface area contributed by atoms with E-state index in [1.165, 1.54) is 11.8 Å². The zero-order valence-corrected chi connectivity index (χ0v) is 21.9. The monoisotopic (exact) mass is 495 g/mol. The highest BCUT2D eigenvalue weighted by Gasteiger charge is 2.26. The summed E-state index contributed by atoms with van der Waals surface area (Å²) in [6, 6.07) is 12.6. The lowest BCUT2D eigenvalue weighted by molar-refractivity contribution is -0.113. The van der Waals surface area contributed by atoms with Crippen LogP contribution >= 0.6 is 11.8 Å². The summed E-state index contributed by atoms with van der Waals surface area (Å²) in [7, 11) is 1.59. The molecule has 0 spiro atoms. The van der Waals surface area contributed by atoms with E-state index in [1.54, 1.807) is 31.4 Å². The Kier molecular flexibility index (Phi) is 8.92. The number of aromatic nitrogens is 3. The van der Waals surface area contributed by atoms with Crippen molar-refractivity contribution in [3.05, 3.63) is 65.0 Å². The summed E-state index contributed by atoms with van der Waals surface area (Å²) in [5.74, 6) is 1.34. The number of nitrogens with one attached hydrogen (secondary N) is 2. The number of methoxy groups -OCH3 is 1. The number of anilines is 1. The molecule has 0 saturated heterocycles. The molecular weight excluding hydrogens is 462 g/mol. The van der Waals surface area contributed by atoms with Crippen LogP contribution in [0.4, 0.5) is 5.69 Å². The normalized spacial score (nSPS) is 11.9. The molecule has 1 aromatic heterocycles. The second-order valence-corrected chi connectivity index (χ2v) is 9.61. The fourth-order valence-corrected chi connectivity index (χ4v) is 4.51. The van der Waals surface area contributed by atoms with Crippen LogP contribution in [0.25, 0.3) is 0 Å². The molecule has 0 bridgehead atoms. The van der Waals surface area contributed by atoms with Crippen LogP contribution in [0.5, 0.6) is 5.75 Å². The number of rotatable bonds is 10. The standard InChI is InChI=1S/C26H33N5O3S/c1-7-31-24(23(16(2)3)28-25(33)19-9-11-20(34-6)12-10-19)29-30-26(31)35-15-22(32)27-21-13-8-17(4)14-18(21)5/h8-14,16,23H,7,15H2,1-6H3,(H,27,32)(H,28,33)/t23-/m0/s1. The van der Waals surface area contributed by atoms with Crippen LogP contribution in [0.3, 0.4) is 0 Å². The number of amides is 2. The van der Waals surface area contributed by atoms with Crippen LogP contribution in [-0.4, -0.2) is 39.4 Å². The van der Waals surface area contributed by atoms with Crippen molar-refractivity contribution in [1.29, 1.82) is 0 Å². The maximum atomic E-state index is 12.9. The largest absolute Gasteiger partial charge is 0.497 e. The van der Waals surface area contributed by atoms with Crippen molar-refractivity contribution in [3.63, 3.8) is 0 Å². The van der Waals surface area contributed by atoms with Crippen LogP contribution < -0.4 is 15.4 Å². The zero-order valence-electron chi connectivity index (χ0n) is 21.1. The van der Waals surface area contributed by atoms with Gasteiger partial charge < -0.3 is 19.9 Å². The number of hydrogen-bond donors (Lipinski definition) is 2. The molecule has 186 valence electrons. The fourth-order valence-electron chi connectivity index (χ4n) is 3.70. The van der Waals surface area contributed by atoms with Gasteiger partial charge >= 0.3 is 0 Å². The molecule has 3 rings (SSSR count). The predicted octanol–water partition coefficient (Wildman–Crippen LogP) is 4.78. The lowest BCUT2D eigenvalue weighted by Crippen LogP contribution is -2.33. The number of carbonyl (C=O) groups excluding carboxylic acids is 2. The van der Waals surface area contributed by atoms with Crippen LogP contribution in [-0.2, 0) is 11.3 Å². The average molecular weight is 496 g/mol. The molecule has 2 N–H and O–H groups in total. The SMILES string of the molecule is CCn1c(SCC(=O)Nc2ccc(C)cc2C)nnc1[C@@H](NC(=O)c1ccc(OC)cc1)C(C)C. The van der Waals surface area contributed by atoms with E-state index in [0.29, 0.717) is 28.8 Å². The number of hydrogen-bond acceptors (Lipinski definition) is 6. The first-order chi connectivity index (χ1) is 16.7. The molecule has 2 amide bonds. The maximum absolute atomic E-state index is 12.9. The third kappa shape index (κ3) is 6.63. The highest BCUT2D eigenvalue weighted by Crippen LogP contribution is 2.26. The third-order valence-electron chi connectivity index (χ3n) is 5.63. The quantitative estimate of drug-likeness (QED) is 0.393. The highest BCUT2D eigenvalue weighted by molar-refractivity contribution is 7.99. The van der Waals surface area contributed by atoms with E-state index >= 15 is 0 Å². The van der Waals surface area contributed by atoms with E-state index in [0.717, 1.165) is 16.8 Å². The molecule has 35 heavy (non-hydrogen) atoms. The Labute approximate surface area is 210 Å². The van der Waals surface area contributed by atoms with E-state index < -0.39 is 0 Å². The van der Waals surface area contributed by atoms with Crippen LogP contribution in [0, 0.1) is 19.8 Å². The lowest BCUT2D eigenvalue weighted by atomic mass is 10.0. The lowest BCUT2D eigenvalue weighted by Gasteiger charge is -2.22. The molecule has 2 aromatic carbocycles. The Morgan fingerprint density at radius 3 is 2.40 bits per heavy atom. The first-order valence-electron chi connectivity index (χ1n) is 11.6. The Balaban J connectivity index is 1.70. The van der Waals surface area contributed by atoms with Crippen molar-refractivity contribution in [2.75, 3.05) is 18.2 Å². The van der Waals surface area contributed by atoms with Gasteiger partial charge in [-0.15, -0.1) is 10.2 Å². The van der Waals surface area contributed by atoms with Gasteiger partial charge in [-0.25, -0.2) is 0 Å². The van der Waals surface area contributed by atoms with Gasteiger partial charge in [-0.05, 0) is 62.6 Å². The Morgan fingerprint density at radius 1 is 1.09 bits per heavy atom. The van der Waals surface area contributed by atoms with Gasteiger partial charge in [-0.3, -0.25) is 9.59 Å². The first kappa shape index (κ1) is 26.3. The Bertz CT molecular complexity index is 1170. The Hall–Kier alpha value is -3.33. The van der Waals surface area contributed by atoms with Crippen molar-refractivity contribution in [2.24, 2.45) is 5.92 Å². The van der Waals surface area contributed by atoms with E-state index in [4.69, 9.17) is 4.74 Å². The van der Waals surface area contributed by atoms with Crippen LogP contribution in [0.15, 0.2) is 47.6 Å². The minimum absolute atomic E-state index is 0.0809. The molecule has 0 saturated carbocycles. The summed E-state index contributed by atoms with van der Waals surface area (Å²) < 4.78 is 7.12. The van der Waals surface area contributed by atoms with Crippen LogP contribution in [0.1, 0.15) is 54.1 Å². The topological polar surface area (TPSA) is 98.1 Å². The maximum Gasteiger partial charge on any atom is 0.251 e. The summed E-state index contributed by atoms with van der Waals surface area (Å²) in [6.45, 7) is 10.7. The highest BCUT2D eigenvalue weighted by atomic mass is 32.2. The molecule has 0 aliphatic carbocycles. The predicted molar refractivity (Wildman–Crippen MR) is 139 cm³/mol. The van der Waals surface area contributed by atoms with E-state index in [9.17, 15) is 9.59 Å². The molecule has 3 aromatic rings. The van der Waals surface area contributed by atoms with Crippen LogP contribution in [0.2, 0.25) is 0 Å². The molecule has 0 radical (unpaired) electrons. The van der Waals surface area contributed by atoms with Gasteiger partial charge in [-0.2, -0.15) is 0 Å². The minimum Gasteiger partial charge on any atom is -0.497 e. The molecule has 9 heteroatoms. The van der Waals surface area contributed by atoms with E-state index in [2.05, 4.69) is 20.8 Å². The van der Waals surface area contributed by atoms with Gasteiger partial charge in [0.1, 0.15) is 5.75 Å². The summed E-state index contributed by atoms with van der Waals surface area (Å²) >= 11 is 1.33. The number of thioether (sulfide) groups is 1. The summed E-state index contributed by atoms with van der Waals surface area (Å²) in [5.41, 5.74) is 3.52. The number of benzene rings is 2. The van der Waals surface area contributed by atoms with Gasteiger partial charge in [-0.1, -0.05) is 43.3 Å². The second-order valence-electron chi connectivity index (χ2n) is 8.66. The average Bonchev–Trinajstić information content (AvgIpc) is 3.25. The van der Waals surface area contributed by atoms with E-state index in [-0.39, 0.29) is 29.5 Å². The molecule has 0 aliphatic heterocycles. The summed E-state index contributed by atoms with van der Waals surface area (Å²) in [5, 5.41) is 15.4. The fraction of sp³-hybridized carbons (Fsp3) is 0.385. The number of ether oxygens (including phenoxy) is 1. The van der Waals surface area contributed by atoms with Crippen molar-refractivity contribution in [2.45, 2.75) is 52.4 Å². The zero-order chi connectivity index (χ0) is 25.5. The molecular formula is C26H33N5O3S. The molecule has 0 fully saturated rings. The van der Waals surface area contributed by atoms with Crippen molar-refractivity contribution >= 4 is 29.3 Å². The smallest absolute Gasteiger partial charge is 0.251 e. The van der Waals surface area contributed by atoms with Crippen molar-refractivity contribution < 1.29 is 14.3 Å². The van der Waals surface area contributed by atoms with Gasteiger partial charge in [0.25, 0.3) is 5.91 Å². The minimum atomic E-state index is -0.338. The third-order valence-corrected chi connectivity index (χ3v) is 6.60. The van der Waals surface area contributed by atoms with E-state index in [1.807, 2.05) is 57.4 Å². The van der Waals surface area contributed by atoms with Crippen molar-refractivity contribution in [1.82, 2.24) is 20.1 Å². The number of nitrogens with zero attached hydrogens (tertiary/aromatic N) is 3. The second kappa shape index (κ2) is 11.9. The number of carbonyl (C=O) groups is 2. The van der Waals surface area contributed by atoms with Gasteiger partial charge in [0.05, 0.1) is 18.9 Å². The number of aryl methyl sites for hydroxylation is 2. The molecule has 1 atom stereocenters. The summed E-state index contributed by atoms with van der Waals surface area (Å²) in [4.78, 5) is 25.5. The molecule has 8 nitrogen and oxygen atoms in total. The van der Waals surface area contributed by atoms with Gasteiger partial charge in [0.15, 0.2) is 11.0 Å². The Morgan fingerprint density at radius 2 is 1.80 bits per heavy atom. The van der Waals surface area contributed by atoms with Gasteiger partial charge in [0.2, 0.25) is 5.91 Å². The molecule has 0 unspecified atom stereocenters. The summed E-state index contributed by atoms with van der Waals surface area (Å²) in [6.07, 6.45) is 0. The van der Waals surface area contributed by atoms with Crippen molar-refractivity contribution in [3.8, 4) is 5.75 Å². The van der Waals surface area contributed by atoms with Gasteiger partial charge in [0, 0.05) is 17.8 Å². The molecule has 1 heterocycles.